The van der Waals surface area contributed by atoms with E-state index in [4.69, 9.17) is 9.47 Å². The Morgan fingerprint density at radius 2 is 0.784 bits per heavy atom. The predicted octanol–water partition coefficient (Wildman–Crippen LogP) is 3.03. The summed E-state index contributed by atoms with van der Waals surface area (Å²) in [5, 5.41) is 9.23. The van der Waals surface area contributed by atoms with Crippen LogP contribution in [0.25, 0.3) is 11.1 Å². The number of carbonyl (C=O) groups is 6. The summed E-state index contributed by atoms with van der Waals surface area (Å²) in [6.45, 7) is 7.54. The first-order valence-electron chi connectivity index (χ1n) is 40.4. The van der Waals surface area contributed by atoms with E-state index < -0.39 is 85.5 Å². The van der Waals surface area contributed by atoms with Crippen LogP contribution in [0.2, 0.25) is 0 Å². The largest absolute Gasteiger partial charge is 0.744 e. The lowest BCUT2D eigenvalue weighted by Gasteiger charge is -2.39. The maximum Gasteiger partial charge on any atom is 0.254 e. The Labute approximate surface area is 672 Å². The Kier molecular flexibility index (Phi) is 21.4. The van der Waals surface area contributed by atoms with Crippen LogP contribution in [0.4, 0.5) is 11.4 Å². The number of benzene rings is 6. The number of unbranched alkanes of at least 4 members (excludes halogenated alkanes) is 4. The Hall–Kier alpha value is -9.80. The number of nitrogens with zero attached hydrogens (tertiary/aromatic N) is 6. The van der Waals surface area contributed by atoms with E-state index in [-0.39, 0.29) is 54.6 Å². The molecule has 6 amide bonds. The van der Waals surface area contributed by atoms with E-state index in [0.717, 1.165) is 257 Å². The van der Waals surface area contributed by atoms with Crippen molar-refractivity contribution in [2.45, 2.75) is 161 Å². The molecule has 0 atom stereocenters. The van der Waals surface area contributed by atoms with Crippen molar-refractivity contribution in [2.24, 2.45) is 0 Å². The van der Waals surface area contributed by atoms with Gasteiger partial charge in [-0.2, -0.15) is 0 Å². The van der Waals surface area contributed by atoms with E-state index in [1.54, 1.807) is 0 Å². The molecule has 0 aliphatic carbocycles. The van der Waals surface area contributed by atoms with Crippen LogP contribution < -0.4 is 69.7 Å². The summed E-state index contributed by atoms with van der Waals surface area (Å²) in [6.07, 6.45) is 21.8. The summed E-state index contributed by atoms with van der Waals surface area (Å²) in [5.41, 5.74) is 14.7. The number of hydrogen-bond acceptors (Lipinski definition) is 20. The average Bonchev–Trinajstić information content (AvgIpc) is 0.745. The molecule has 6 aromatic carbocycles. The van der Waals surface area contributed by atoms with Gasteiger partial charge in [0.05, 0.1) is 30.7 Å². The number of nitrogens with one attached hydrogen (secondary N) is 4. The predicted molar refractivity (Wildman–Crippen MR) is 425 cm³/mol. The third-order valence-corrected chi connectivity index (χ3v) is 29.0. The van der Waals surface area contributed by atoms with Gasteiger partial charge in [-0.25, -0.2) is 52.3 Å². The van der Waals surface area contributed by atoms with Gasteiger partial charge in [0.1, 0.15) is 82.5 Å². The lowest BCUT2D eigenvalue weighted by atomic mass is 9.82. The molecule has 0 aromatic heterocycles. The van der Waals surface area contributed by atoms with Crippen molar-refractivity contribution in [3.8, 4) is 23.0 Å². The number of aryl methyl sites for hydroxylation is 4. The molecule has 6 aromatic rings. The Morgan fingerprint density at radius 3 is 1.23 bits per heavy atom. The molecule has 28 nitrogen and oxygen atoms in total. The van der Waals surface area contributed by atoms with Crippen molar-refractivity contribution in [3.63, 3.8) is 0 Å². The maximum atomic E-state index is 14.4. The monoisotopic (exact) mass is 1650 g/mol. The second-order valence-corrected chi connectivity index (χ2v) is 38.0. The fourth-order valence-electron chi connectivity index (χ4n) is 19.2. The molecule has 0 unspecified atom stereocenters. The molecule has 18 rings (SSSR count). The van der Waals surface area contributed by atoms with Gasteiger partial charge in [-0.1, -0.05) is 25.0 Å². The first-order valence-corrected chi connectivity index (χ1v) is 46.2. The van der Waals surface area contributed by atoms with Crippen LogP contribution in [0.5, 0.6) is 23.0 Å². The highest BCUT2D eigenvalue weighted by Crippen LogP contribution is 2.52. The zero-order chi connectivity index (χ0) is 80.7. The molecule has 32 heteroatoms. The molecule has 0 bridgehead atoms. The van der Waals surface area contributed by atoms with Gasteiger partial charge >= 0.3 is 0 Å². The van der Waals surface area contributed by atoms with Crippen molar-refractivity contribution in [1.29, 1.82) is 0 Å². The van der Waals surface area contributed by atoms with Gasteiger partial charge in [0.2, 0.25) is 42.6 Å². The van der Waals surface area contributed by atoms with Crippen LogP contribution in [-0.4, -0.2) is 180 Å². The fourth-order valence-corrected chi connectivity index (χ4v) is 23.0. The first kappa shape index (κ1) is 78.7. The fraction of sp³-hybridized carbons (Fsp3) is 0.429. The van der Waals surface area contributed by atoms with E-state index in [0.29, 0.717) is 66.7 Å². The van der Waals surface area contributed by atoms with Crippen LogP contribution in [0.1, 0.15) is 157 Å². The number of sulfonamides is 2. The van der Waals surface area contributed by atoms with Crippen molar-refractivity contribution in [3.05, 3.63) is 173 Å². The highest BCUT2D eigenvalue weighted by molar-refractivity contribution is 7.90. The minimum atomic E-state index is -5.19. The second-order valence-electron chi connectivity index (χ2n) is 31.7. The Bertz CT molecular complexity index is 6070. The van der Waals surface area contributed by atoms with E-state index in [9.17, 15) is 71.5 Å². The molecule has 12 aliphatic heterocycles. The number of imide groups is 2. The van der Waals surface area contributed by atoms with Crippen LogP contribution in [-0.2, 0) is 120 Å². The van der Waals surface area contributed by atoms with Gasteiger partial charge in [-0.15, -0.1) is 0 Å². The molecule has 4 N–H and O–H groups in total. The van der Waals surface area contributed by atoms with Crippen LogP contribution >= 0.6 is 0 Å². The third-order valence-electron chi connectivity index (χ3n) is 24.3. The Morgan fingerprint density at radius 1 is 0.397 bits per heavy atom. The highest BCUT2D eigenvalue weighted by atomic mass is 32.2. The molecule has 0 spiro atoms. The number of amides is 6. The number of fused-ring (bicyclic) bond motifs is 8. The number of ether oxygens (including phenoxy) is 2. The van der Waals surface area contributed by atoms with E-state index >= 15 is 0 Å². The van der Waals surface area contributed by atoms with Crippen LogP contribution in [0.3, 0.4) is 0 Å². The van der Waals surface area contributed by atoms with E-state index in [1.165, 1.54) is 68.6 Å². The normalized spacial score (nSPS) is 18.1. The van der Waals surface area contributed by atoms with Crippen molar-refractivity contribution < 1.29 is 81.0 Å². The van der Waals surface area contributed by atoms with Gasteiger partial charge in [0.25, 0.3) is 23.6 Å². The van der Waals surface area contributed by atoms with E-state index in [1.807, 2.05) is 0 Å². The van der Waals surface area contributed by atoms with Gasteiger partial charge < -0.3 is 39.0 Å². The molecule has 12 aliphatic rings. The quantitative estimate of drug-likeness (QED) is 0.0292. The smallest absolute Gasteiger partial charge is 0.254 e. The minimum Gasteiger partial charge on any atom is -0.744 e. The molecule has 0 fully saturated rings. The summed E-state index contributed by atoms with van der Waals surface area (Å²) < 4.78 is 157. The maximum absolute atomic E-state index is 14.4. The summed E-state index contributed by atoms with van der Waals surface area (Å²) in [6, 6.07) is 15.9. The molecular formula is C84H90N10O18S4. The molecule has 608 valence electrons. The van der Waals surface area contributed by atoms with Crippen molar-refractivity contribution in [2.75, 3.05) is 101 Å². The summed E-state index contributed by atoms with van der Waals surface area (Å²) in [5.74, 6) is -0.313. The molecule has 116 heavy (non-hydrogen) atoms. The lowest BCUT2D eigenvalue weighted by Crippen LogP contribution is -2.45. The zero-order valence-electron chi connectivity index (χ0n) is 64.2. The van der Waals surface area contributed by atoms with Gasteiger partial charge in [-0.3, -0.25) is 38.6 Å². The Balaban J connectivity index is 0.000000167. The SMILES string of the molecule is O=C(CN1C(=O)C=CC1=O)NCCCCCNS(=O)(=O)c1cc(S(=O)(=O)[O-])ccc1C1=c2cc3c4c(c2Oc2c1cc1c5c2CCCN5CCC1)CCC[N+]=4CCC3.O=C(CN1C(=O)C=CC1=O)NCCCCCNS(=O)(=O)c1ccc(C2=c3cc4c5c(c3Oc3c2cc2c6c3CCCN6CCC2)CCC[N+]=5CCC4)c(S(=O)(=O)[O-])c1. The third kappa shape index (κ3) is 15.0. The van der Waals surface area contributed by atoms with Gasteiger partial charge in [0, 0.05) is 180 Å². The van der Waals surface area contributed by atoms with Crippen molar-refractivity contribution >= 4 is 98.2 Å². The second kappa shape index (κ2) is 31.6. The first-order chi connectivity index (χ1) is 55.8. The number of rotatable bonds is 24. The number of anilines is 2. The minimum absolute atomic E-state index is 0.0130. The lowest BCUT2D eigenvalue weighted by molar-refractivity contribution is -0.141. The highest BCUT2D eigenvalue weighted by Gasteiger charge is 2.41. The summed E-state index contributed by atoms with van der Waals surface area (Å²) in [4.78, 5) is 76.0. The molecular weight excluding hydrogens is 1570 g/mol. The summed E-state index contributed by atoms with van der Waals surface area (Å²) >= 11 is 0. The van der Waals surface area contributed by atoms with Gasteiger partial charge in [-0.05, 0) is 162 Å². The van der Waals surface area contributed by atoms with Crippen LogP contribution in [0, 0.1) is 0 Å². The standard InChI is InChI=1S/2C42H45N5O9S2/c48-35(25-47-36(49)14-15-37(47)50)43-16-2-1-3-17-44-57(51,52)34-24-28(58(53,54)55)12-13-29(34)38-32-22-26-8-4-18-45-20-6-10-30(39(26)45)41(32)56-42-31-11-7-21-46-19-5-9-27(40(31)46)23-33(38)42;48-35(25-47-36(49)14-15-37(47)50)43-16-2-1-3-17-44-57(51,52)28-12-13-29(34(24-28)58(53,54)55)38-32-22-26-8-4-18-45-20-6-10-30(39(26)45)41(32)56-42-31-11-7-21-46-19-5-9-27(40(31)46)23-33(38)42/h2*12-15,22-24,44H,1-11,16-21,25H2,(H-,43,48,53,54,55). The van der Waals surface area contributed by atoms with Gasteiger partial charge in [0.15, 0.2) is 0 Å². The van der Waals surface area contributed by atoms with Crippen molar-refractivity contribution in [1.82, 2.24) is 39.0 Å². The van der Waals surface area contributed by atoms with E-state index in [2.05, 4.69) is 63.3 Å². The average molecular weight is 1660 g/mol. The van der Waals surface area contributed by atoms with Crippen LogP contribution in [0.15, 0.2) is 105 Å². The molecule has 12 heterocycles. The molecule has 0 saturated heterocycles. The molecule has 0 saturated carbocycles. The zero-order valence-corrected chi connectivity index (χ0v) is 67.5. The topological polar surface area (TPSA) is 371 Å². The molecule has 0 radical (unpaired) electrons. The number of carbonyl (C=O) groups excluding carboxylic acids is 6. The summed E-state index contributed by atoms with van der Waals surface area (Å²) in [7, 11) is -18.8. The number of hydrogen-bond donors (Lipinski definition) is 4.